The topological polar surface area (TPSA) is 54.2 Å². The van der Waals surface area contributed by atoms with Gasteiger partial charge < -0.3 is 9.84 Å². The Hall–Kier alpha value is -1.43. The van der Waals surface area contributed by atoms with E-state index in [2.05, 4.69) is 45.6 Å². The SMILES string of the molecule is CN1CCNCC1c1noc(Cc2ccc3c(c2)CCCC3)n1.Cl. The monoisotopic (exact) mass is 348 g/mol. The third-order valence-corrected chi connectivity index (χ3v) is 5.06. The first-order valence-electron chi connectivity index (χ1n) is 8.64. The highest BCUT2D eigenvalue weighted by atomic mass is 35.5. The van der Waals surface area contributed by atoms with Crippen LogP contribution >= 0.6 is 12.4 Å². The van der Waals surface area contributed by atoms with Crippen LogP contribution in [0.25, 0.3) is 0 Å². The van der Waals surface area contributed by atoms with Gasteiger partial charge in [0.1, 0.15) is 0 Å². The van der Waals surface area contributed by atoms with E-state index in [0.717, 1.165) is 37.8 Å². The molecular formula is C18H25ClN4O. The van der Waals surface area contributed by atoms with Gasteiger partial charge in [0, 0.05) is 19.6 Å². The summed E-state index contributed by atoms with van der Waals surface area (Å²) in [6, 6.07) is 7.03. The maximum Gasteiger partial charge on any atom is 0.231 e. The molecule has 1 unspecified atom stereocenters. The first-order valence-corrected chi connectivity index (χ1v) is 8.64. The van der Waals surface area contributed by atoms with Crippen LogP contribution in [0.1, 0.15) is 47.3 Å². The highest BCUT2D eigenvalue weighted by molar-refractivity contribution is 5.85. The Morgan fingerprint density at radius 2 is 2.08 bits per heavy atom. The van der Waals surface area contributed by atoms with E-state index in [0.29, 0.717) is 0 Å². The number of aromatic nitrogens is 2. The summed E-state index contributed by atoms with van der Waals surface area (Å²) in [4.78, 5) is 6.91. The number of benzene rings is 1. The van der Waals surface area contributed by atoms with E-state index in [9.17, 15) is 0 Å². The predicted molar refractivity (Wildman–Crippen MR) is 95.7 cm³/mol. The van der Waals surface area contributed by atoms with Gasteiger partial charge in [0.05, 0.1) is 12.5 Å². The molecule has 0 saturated carbocycles. The Kier molecular flexibility index (Phi) is 5.54. The molecule has 130 valence electrons. The quantitative estimate of drug-likeness (QED) is 0.923. The first kappa shape index (κ1) is 17.4. The van der Waals surface area contributed by atoms with Crippen molar-refractivity contribution in [2.24, 2.45) is 0 Å². The molecule has 2 aliphatic rings. The molecule has 2 heterocycles. The van der Waals surface area contributed by atoms with E-state index in [-0.39, 0.29) is 18.4 Å². The number of hydrogen-bond donors (Lipinski definition) is 1. The molecule has 1 N–H and O–H groups in total. The van der Waals surface area contributed by atoms with Gasteiger partial charge in [0.2, 0.25) is 5.89 Å². The fourth-order valence-corrected chi connectivity index (χ4v) is 3.64. The summed E-state index contributed by atoms with van der Waals surface area (Å²) in [5, 5.41) is 7.60. The molecule has 5 nitrogen and oxygen atoms in total. The Morgan fingerprint density at radius 1 is 1.25 bits per heavy atom. The molecule has 2 aromatic rings. The van der Waals surface area contributed by atoms with Crippen molar-refractivity contribution in [3.63, 3.8) is 0 Å². The molecule has 1 saturated heterocycles. The number of hydrogen-bond acceptors (Lipinski definition) is 5. The van der Waals surface area contributed by atoms with Crippen molar-refractivity contribution in [1.29, 1.82) is 0 Å². The molecule has 0 spiro atoms. The van der Waals surface area contributed by atoms with Crippen molar-refractivity contribution in [2.45, 2.75) is 38.1 Å². The predicted octanol–water partition coefficient (Wildman–Crippen LogP) is 2.54. The second-order valence-corrected chi connectivity index (χ2v) is 6.73. The van der Waals surface area contributed by atoms with Crippen molar-refractivity contribution >= 4 is 12.4 Å². The summed E-state index contributed by atoms with van der Waals surface area (Å²) in [6.45, 7) is 2.92. The van der Waals surface area contributed by atoms with Gasteiger partial charge in [-0.3, -0.25) is 4.90 Å². The Bertz CT molecular complexity index is 687. The highest BCUT2D eigenvalue weighted by Crippen LogP contribution is 2.24. The van der Waals surface area contributed by atoms with Crippen molar-refractivity contribution < 1.29 is 4.52 Å². The molecule has 1 aromatic heterocycles. The molecule has 1 atom stereocenters. The van der Waals surface area contributed by atoms with Crippen molar-refractivity contribution in [3.8, 4) is 0 Å². The van der Waals surface area contributed by atoms with Gasteiger partial charge in [-0.15, -0.1) is 12.4 Å². The average Bonchev–Trinajstić information content (AvgIpc) is 3.03. The van der Waals surface area contributed by atoms with Gasteiger partial charge in [-0.1, -0.05) is 23.4 Å². The molecule has 1 aromatic carbocycles. The Balaban J connectivity index is 0.00000169. The molecule has 1 fully saturated rings. The van der Waals surface area contributed by atoms with Crippen LogP contribution in [-0.4, -0.2) is 41.7 Å². The summed E-state index contributed by atoms with van der Waals surface area (Å²) in [5.74, 6) is 1.52. The second kappa shape index (κ2) is 7.64. The maximum atomic E-state index is 5.50. The lowest BCUT2D eigenvalue weighted by molar-refractivity contribution is 0.190. The molecule has 4 rings (SSSR count). The number of rotatable bonds is 3. The first-order chi connectivity index (χ1) is 11.3. The molecule has 1 aliphatic heterocycles. The number of nitrogens with one attached hydrogen (secondary N) is 1. The number of likely N-dealkylation sites (N-methyl/N-ethyl adjacent to an activating group) is 1. The smallest absolute Gasteiger partial charge is 0.231 e. The van der Waals surface area contributed by atoms with E-state index in [4.69, 9.17) is 4.52 Å². The summed E-state index contributed by atoms with van der Waals surface area (Å²) in [5.41, 5.74) is 4.29. The summed E-state index contributed by atoms with van der Waals surface area (Å²) in [7, 11) is 2.12. The van der Waals surface area contributed by atoms with Crippen LogP contribution in [0.4, 0.5) is 0 Å². The zero-order valence-corrected chi connectivity index (χ0v) is 14.9. The number of fused-ring (bicyclic) bond motifs is 1. The molecule has 24 heavy (non-hydrogen) atoms. The number of nitrogens with zero attached hydrogens (tertiary/aromatic N) is 3. The molecule has 1 aliphatic carbocycles. The third kappa shape index (κ3) is 3.63. The minimum atomic E-state index is 0. The van der Waals surface area contributed by atoms with E-state index < -0.39 is 0 Å². The summed E-state index contributed by atoms with van der Waals surface area (Å²) >= 11 is 0. The maximum absolute atomic E-state index is 5.50. The minimum Gasteiger partial charge on any atom is -0.339 e. The average molecular weight is 349 g/mol. The van der Waals surface area contributed by atoms with Crippen LogP contribution in [0.15, 0.2) is 22.7 Å². The summed E-state index contributed by atoms with van der Waals surface area (Å²) < 4.78 is 5.50. The minimum absolute atomic E-state index is 0. The van der Waals surface area contributed by atoms with Crippen LogP contribution in [0.2, 0.25) is 0 Å². The van der Waals surface area contributed by atoms with Gasteiger partial charge in [0.25, 0.3) is 0 Å². The van der Waals surface area contributed by atoms with Crippen molar-refractivity contribution in [3.05, 3.63) is 46.6 Å². The number of piperazine rings is 1. The fourth-order valence-electron chi connectivity index (χ4n) is 3.64. The van der Waals surface area contributed by atoms with Crippen molar-refractivity contribution in [2.75, 3.05) is 26.7 Å². The van der Waals surface area contributed by atoms with Gasteiger partial charge in [0.15, 0.2) is 5.82 Å². The lowest BCUT2D eigenvalue weighted by Gasteiger charge is -2.30. The van der Waals surface area contributed by atoms with Crippen LogP contribution in [0, 0.1) is 0 Å². The Labute approximate surface area is 149 Å². The fraction of sp³-hybridized carbons (Fsp3) is 0.556. The zero-order chi connectivity index (χ0) is 15.6. The molecule has 0 radical (unpaired) electrons. The van der Waals surface area contributed by atoms with Gasteiger partial charge in [-0.25, -0.2) is 0 Å². The van der Waals surface area contributed by atoms with Crippen LogP contribution in [0.5, 0.6) is 0 Å². The van der Waals surface area contributed by atoms with Crippen LogP contribution < -0.4 is 5.32 Å². The van der Waals surface area contributed by atoms with Gasteiger partial charge in [-0.05, 0) is 49.4 Å². The third-order valence-electron chi connectivity index (χ3n) is 5.06. The van der Waals surface area contributed by atoms with Crippen LogP contribution in [-0.2, 0) is 19.3 Å². The normalized spacial score (nSPS) is 21.1. The summed E-state index contributed by atoms with van der Waals surface area (Å²) in [6.07, 6.45) is 5.78. The lowest BCUT2D eigenvalue weighted by Crippen LogP contribution is -2.44. The number of halogens is 1. The molecule has 6 heteroatoms. The highest BCUT2D eigenvalue weighted by Gasteiger charge is 2.25. The van der Waals surface area contributed by atoms with E-state index in [1.54, 1.807) is 0 Å². The molecule has 0 amide bonds. The van der Waals surface area contributed by atoms with E-state index in [1.165, 1.54) is 42.4 Å². The Morgan fingerprint density at radius 3 is 2.92 bits per heavy atom. The van der Waals surface area contributed by atoms with E-state index in [1.807, 2.05) is 0 Å². The molecule has 0 bridgehead atoms. The van der Waals surface area contributed by atoms with E-state index >= 15 is 0 Å². The second-order valence-electron chi connectivity index (χ2n) is 6.73. The zero-order valence-electron chi connectivity index (χ0n) is 14.1. The van der Waals surface area contributed by atoms with Crippen molar-refractivity contribution in [1.82, 2.24) is 20.4 Å². The van der Waals surface area contributed by atoms with Crippen LogP contribution in [0.3, 0.4) is 0 Å². The van der Waals surface area contributed by atoms with Gasteiger partial charge >= 0.3 is 0 Å². The van der Waals surface area contributed by atoms with Gasteiger partial charge in [-0.2, -0.15) is 4.98 Å². The lowest BCUT2D eigenvalue weighted by atomic mass is 9.90. The largest absolute Gasteiger partial charge is 0.339 e. The standard InChI is InChI=1S/C18H24N4O.ClH/c1-22-9-8-19-12-16(22)18-20-17(23-21-18)11-13-6-7-14-4-2-3-5-15(14)10-13;/h6-7,10,16,19H,2-5,8-9,11-12H2,1H3;1H. The molecular weight excluding hydrogens is 324 g/mol. The number of aryl methyl sites for hydroxylation is 2.